The summed E-state index contributed by atoms with van der Waals surface area (Å²) in [6, 6.07) is 9.36. The van der Waals surface area contributed by atoms with Gasteiger partial charge >= 0.3 is 5.97 Å². The minimum Gasteiger partial charge on any atom is -0.476 e. The lowest BCUT2D eigenvalue weighted by Crippen LogP contribution is -2.20. The Morgan fingerprint density at radius 2 is 2.04 bits per heavy atom. The molecule has 9 heteroatoms. The van der Waals surface area contributed by atoms with E-state index in [-0.39, 0.29) is 18.2 Å². The Bertz CT molecular complexity index is 914. The number of aryl methyl sites for hydroxylation is 1. The second-order valence-electron chi connectivity index (χ2n) is 5.51. The summed E-state index contributed by atoms with van der Waals surface area (Å²) < 4.78 is 2.86. The van der Waals surface area contributed by atoms with E-state index >= 15 is 0 Å². The predicted molar refractivity (Wildman–Crippen MR) is 88.1 cm³/mol. The van der Waals surface area contributed by atoms with E-state index in [1.165, 1.54) is 23.3 Å². The third-order valence-electron chi connectivity index (χ3n) is 3.38. The second kappa shape index (κ2) is 6.95. The van der Waals surface area contributed by atoms with Crippen LogP contribution in [0.15, 0.2) is 42.9 Å². The van der Waals surface area contributed by atoms with E-state index in [1.54, 1.807) is 4.68 Å². The van der Waals surface area contributed by atoms with Crippen molar-refractivity contribution < 1.29 is 14.7 Å². The molecule has 2 heterocycles. The van der Waals surface area contributed by atoms with Crippen LogP contribution in [0, 0.1) is 6.92 Å². The zero-order valence-corrected chi connectivity index (χ0v) is 13.5. The van der Waals surface area contributed by atoms with Gasteiger partial charge in [-0.05, 0) is 18.6 Å². The molecule has 0 saturated carbocycles. The maximum Gasteiger partial charge on any atom is 0.356 e. The van der Waals surface area contributed by atoms with E-state index in [9.17, 15) is 9.59 Å². The summed E-state index contributed by atoms with van der Waals surface area (Å²) in [5.41, 5.74) is 2.12. The zero-order valence-electron chi connectivity index (χ0n) is 13.5. The van der Waals surface area contributed by atoms with Gasteiger partial charge in [-0.15, -0.1) is 5.10 Å². The Kier molecular flexibility index (Phi) is 4.55. The number of aromatic nitrogens is 5. The first-order valence-corrected chi connectivity index (χ1v) is 7.51. The van der Waals surface area contributed by atoms with Gasteiger partial charge in [0.05, 0.1) is 6.54 Å². The minimum absolute atomic E-state index is 0.117. The molecule has 0 atom stereocenters. The largest absolute Gasteiger partial charge is 0.476 e. The first kappa shape index (κ1) is 16.4. The highest BCUT2D eigenvalue weighted by Crippen LogP contribution is 2.07. The van der Waals surface area contributed by atoms with Crippen molar-refractivity contribution in [2.75, 3.05) is 5.32 Å². The van der Waals surface area contributed by atoms with E-state index in [2.05, 4.69) is 26.6 Å². The van der Waals surface area contributed by atoms with Gasteiger partial charge in [0.15, 0.2) is 5.69 Å². The SMILES string of the molecule is Cc1cccc(Cn2cnc(NC(=O)Cn3ccc(C(=O)O)n3)n2)c1. The highest BCUT2D eigenvalue weighted by Gasteiger charge is 2.11. The molecule has 0 aliphatic rings. The average Bonchev–Trinajstić information content (AvgIpc) is 3.17. The van der Waals surface area contributed by atoms with Crippen molar-refractivity contribution in [1.29, 1.82) is 0 Å². The third-order valence-corrected chi connectivity index (χ3v) is 3.38. The molecule has 0 unspecified atom stereocenters. The second-order valence-corrected chi connectivity index (χ2v) is 5.51. The van der Waals surface area contributed by atoms with Crippen molar-refractivity contribution in [2.45, 2.75) is 20.0 Å². The number of anilines is 1. The summed E-state index contributed by atoms with van der Waals surface area (Å²) in [4.78, 5) is 26.8. The fraction of sp³-hybridized carbons (Fsp3) is 0.188. The molecule has 0 aliphatic heterocycles. The predicted octanol–water partition coefficient (Wildman–Crippen LogP) is 1.17. The Hall–Kier alpha value is -3.49. The van der Waals surface area contributed by atoms with Gasteiger partial charge in [-0.1, -0.05) is 29.8 Å². The molecule has 128 valence electrons. The fourth-order valence-electron chi connectivity index (χ4n) is 2.30. The van der Waals surface area contributed by atoms with Crippen molar-refractivity contribution in [3.63, 3.8) is 0 Å². The highest BCUT2D eigenvalue weighted by atomic mass is 16.4. The number of amides is 1. The molecule has 0 saturated heterocycles. The Balaban J connectivity index is 1.58. The van der Waals surface area contributed by atoms with Crippen molar-refractivity contribution >= 4 is 17.8 Å². The first-order chi connectivity index (χ1) is 12.0. The molecule has 0 aliphatic carbocycles. The van der Waals surface area contributed by atoms with E-state index in [0.717, 1.165) is 11.1 Å². The summed E-state index contributed by atoms with van der Waals surface area (Å²) in [6.07, 6.45) is 2.96. The van der Waals surface area contributed by atoms with Gasteiger partial charge in [0, 0.05) is 6.20 Å². The molecule has 0 spiro atoms. The van der Waals surface area contributed by atoms with Crippen molar-refractivity contribution in [3.05, 3.63) is 59.7 Å². The number of rotatable bonds is 6. The number of carboxylic acids is 1. The van der Waals surface area contributed by atoms with E-state index in [1.807, 2.05) is 25.1 Å². The minimum atomic E-state index is -1.14. The number of hydrogen-bond acceptors (Lipinski definition) is 5. The van der Waals surface area contributed by atoms with Crippen LogP contribution < -0.4 is 5.32 Å². The molecular weight excluding hydrogens is 324 g/mol. The van der Waals surface area contributed by atoms with Crippen molar-refractivity contribution in [3.8, 4) is 0 Å². The molecule has 0 radical (unpaired) electrons. The van der Waals surface area contributed by atoms with Gasteiger partial charge in [0.2, 0.25) is 11.9 Å². The monoisotopic (exact) mass is 340 g/mol. The Morgan fingerprint density at radius 1 is 1.20 bits per heavy atom. The van der Waals surface area contributed by atoms with Gasteiger partial charge in [-0.25, -0.2) is 14.5 Å². The number of nitrogens with one attached hydrogen (secondary N) is 1. The molecule has 25 heavy (non-hydrogen) atoms. The lowest BCUT2D eigenvalue weighted by molar-refractivity contribution is -0.117. The third kappa shape index (κ3) is 4.28. The van der Waals surface area contributed by atoms with Gasteiger partial charge in [0.25, 0.3) is 0 Å². The van der Waals surface area contributed by atoms with Gasteiger partial charge in [-0.3, -0.25) is 14.8 Å². The summed E-state index contributed by atoms with van der Waals surface area (Å²) >= 11 is 0. The number of benzene rings is 1. The molecule has 2 N–H and O–H groups in total. The quantitative estimate of drug-likeness (QED) is 0.696. The summed E-state index contributed by atoms with van der Waals surface area (Å²) in [6.45, 7) is 2.44. The lowest BCUT2D eigenvalue weighted by Gasteiger charge is -2.03. The van der Waals surface area contributed by atoms with Crippen molar-refractivity contribution in [2.24, 2.45) is 0 Å². The van der Waals surface area contributed by atoms with Gasteiger partial charge < -0.3 is 5.11 Å². The van der Waals surface area contributed by atoms with Crippen LogP contribution in [0.5, 0.6) is 0 Å². The smallest absolute Gasteiger partial charge is 0.356 e. The molecular formula is C16H16N6O3. The van der Waals surface area contributed by atoms with Crippen LogP contribution in [0.25, 0.3) is 0 Å². The van der Waals surface area contributed by atoms with E-state index in [0.29, 0.717) is 6.54 Å². The molecule has 3 aromatic rings. The normalized spacial score (nSPS) is 10.6. The van der Waals surface area contributed by atoms with Crippen molar-refractivity contribution in [1.82, 2.24) is 24.5 Å². The number of carbonyl (C=O) groups is 2. The molecule has 1 amide bonds. The highest BCUT2D eigenvalue weighted by molar-refractivity contribution is 5.89. The van der Waals surface area contributed by atoms with Gasteiger partial charge in [0.1, 0.15) is 12.9 Å². The Labute approximate surface area is 142 Å². The van der Waals surface area contributed by atoms with Gasteiger partial charge in [-0.2, -0.15) is 5.10 Å². The number of nitrogens with zero attached hydrogens (tertiary/aromatic N) is 5. The molecule has 2 aromatic heterocycles. The Morgan fingerprint density at radius 3 is 2.76 bits per heavy atom. The number of carboxylic acid groups (broad SMARTS) is 1. The molecule has 1 aromatic carbocycles. The topological polar surface area (TPSA) is 115 Å². The van der Waals surface area contributed by atoms with Crippen LogP contribution in [-0.2, 0) is 17.9 Å². The fourth-order valence-corrected chi connectivity index (χ4v) is 2.30. The maximum absolute atomic E-state index is 12.0. The molecule has 0 bridgehead atoms. The summed E-state index contributed by atoms with van der Waals surface area (Å²) in [5.74, 6) is -1.35. The first-order valence-electron chi connectivity index (χ1n) is 7.51. The van der Waals surface area contributed by atoms with Crippen LogP contribution in [0.3, 0.4) is 0 Å². The maximum atomic E-state index is 12.0. The molecule has 9 nitrogen and oxygen atoms in total. The van der Waals surface area contributed by atoms with Crippen LogP contribution in [-0.4, -0.2) is 41.5 Å². The number of hydrogen-bond donors (Lipinski definition) is 2. The zero-order chi connectivity index (χ0) is 17.8. The van der Waals surface area contributed by atoms with Crippen LogP contribution in [0.2, 0.25) is 0 Å². The average molecular weight is 340 g/mol. The van der Waals surface area contributed by atoms with Crippen LogP contribution >= 0.6 is 0 Å². The molecule has 0 fully saturated rings. The standard InChI is InChI=1S/C16H16N6O3/c1-11-3-2-4-12(7-11)8-22-10-17-16(20-22)18-14(23)9-21-6-5-13(19-21)15(24)25/h2-7,10H,8-9H2,1H3,(H,24,25)(H,18,20,23). The summed E-state index contributed by atoms with van der Waals surface area (Å²) in [5, 5.41) is 19.3. The van der Waals surface area contributed by atoms with Crippen LogP contribution in [0.4, 0.5) is 5.95 Å². The van der Waals surface area contributed by atoms with E-state index in [4.69, 9.17) is 5.11 Å². The van der Waals surface area contributed by atoms with E-state index < -0.39 is 11.9 Å². The lowest BCUT2D eigenvalue weighted by atomic mass is 10.1. The van der Waals surface area contributed by atoms with Crippen LogP contribution in [0.1, 0.15) is 21.6 Å². The molecule has 3 rings (SSSR count). The summed E-state index contributed by atoms with van der Waals surface area (Å²) in [7, 11) is 0. The number of aromatic carboxylic acids is 1. The number of carbonyl (C=O) groups excluding carboxylic acids is 1.